The van der Waals surface area contributed by atoms with Crippen molar-refractivity contribution >= 4 is 5.95 Å². The van der Waals surface area contributed by atoms with Crippen LogP contribution in [0.5, 0.6) is 5.75 Å². The lowest BCUT2D eigenvalue weighted by molar-refractivity contribution is 0.146. The highest BCUT2D eigenvalue weighted by atomic mass is 16.5. The lowest BCUT2D eigenvalue weighted by Gasteiger charge is -2.07. The van der Waals surface area contributed by atoms with E-state index >= 15 is 0 Å². The van der Waals surface area contributed by atoms with Crippen LogP contribution in [0.2, 0.25) is 0 Å². The maximum Gasteiger partial charge on any atom is 0.254 e. The molecule has 0 bridgehead atoms. The van der Waals surface area contributed by atoms with E-state index in [4.69, 9.17) is 15.2 Å². The number of aromatic nitrogens is 2. The first-order chi connectivity index (χ1) is 10.6. The molecule has 0 atom stereocenters. The number of ether oxygens (including phenoxy) is 2. The third-order valence-electron chi connectivity index (χ3n) is 3.37. The largest absolute Gasteiger partial charge is 0.491 e. The summed E-state index contributed by atoms with van der Waals surface area (Å²) < 4.78 is 11.8. The van der Waals surface area contributed by atoms with Crippen LogP contribution in [0.3, 0.4) is 0 Å². The quantitative estimate of drug-likeness (QED) is 0.777. The number of rotatable bonds is 7. The number of hydrogen-bond acceptors (Lipinski definition) is 5. The lowest BCUT2D eigenvalue weighted by Crippen LogP contribution is -2.21. The van der Waals surface area contributed by atoms with Crippen LogP contribution in [0.4, 0.5) is 5.95 Å². The van der Waals surface area contributed by atoms with E-state index in [1.54, 1.807) is 14.2 Å². The third kappa shape index (κ3) is 4.33. The summed E-state index contributed by atoms with van der Waals surface area (Å²) in [5.41, 5.74) is 7.42. The van der Waals surface area contributed by atoms with Crippen LogP contribution >= 0.6 is 0 Å². The predicted molar refractivity (Wildman–Crippen MR) is 85.1 cm³/mol. The molecule has 6 nitrogen and oxygen atoms in total. The molecule has 0 aliphatic heterocycles. The molecule has 22 heavy (non-hydrogen) atoms. The summed E-state index contributed by atoms with van der Waals surface area (Å²) in [5, 5.41) is 0. The van der Waals surface area contributed by atoms with Crippen LogP contribution in [-0.4, -0.2) is 29.9 Å². The molecule has 1 aromatic heterocycles. The van der Waals surface area contributed by atoms with Crippen molar-refractivity contribution in [3.05, 3.63) is 51.9 Å². The number of benzene rings is 1. The number of hydrogen-bond donors (Lipinski definition) is 1. The molecule has 0 aliphatic rings. The Kier molecular flexibility index (Phi) is 5.55. The zero-order valence-electron chi connectivity index (χ0n) is 12.9. The van der Waals surface area contributed by atoms with Crippen molar-refractivity contribution in [3.8, 4) is 5.75 Å². The molecule has 0 aliphatic carbocycles. The minimum atomic E-state index is -0.135. The van der Waals surface area contributed by atoms with Gasteiger partial charge in [-0.05, 0) is 30.5 Å². The highest BCUT2D eigenvalue weighted by molar-refractivity contribution is 5.28. The minimum absolute atomic E-state index is 0.135. The molecular formula is C16H21N3O3. The van der Waals surface area contributed by atoms with Crippen molar-refractivity contribution < 1.29 is 9.47 Å². The zero-order chi connectivity index (χ0) is 15.9. The fraction of sp³-hybridized carbons (Fsp3) is 0.375. The van der Waals surface area contributed by atoms with Gasteiger partial charge >= 0.3 is 0 Å². The molecule has 2 rings (SSSR count). The normalized spacial score (nSPS) is 10.6. The SMILES string of the molecule is COCCOc1ccc(CCc2cc(=O)n(C)c(N)n2)cc1. The van der Waals surface area contributed by atoms with Crippen molar-refractivity contribution in [2.45, 2.75) is 12.8 Å². The van der Waals surface area contributed by atoms with Gasteiger partial charge in [0, 0.05) is 20.2 Å². The summed E-state index contributed by atoms with van der Waals surface area (Å²) in [6.45, 7) is 1.10. The predicted octanol–water partition coefficient (Wildman–Crippen LogP) is 1.17. The van der Waals surface area contributed by atoms with Gasteiger partial charge in [-0.2, -0.15) is 0 Å². The molecule has 0 saturated carbocycles. The maximum absolute atomic E-state index is 11.7. The van der Waals surface area contributed by atoms with E-state index < -0.39 is 0 Å². The highest BCUT2D eigenvalue weighted by Gasteiger charge is 2.03. The number of methoxy groups -OCH3 is 1. The summed E-state index contributed by atoms with van der Waals surface area (Å²) in [4.78, 5) is 15.9. The number of nitrogens with two attached hydrogens (primary N) is 1. The Balaban J connectivity index is 1.93. The van der Waals surface area contributed by atoms with Gasteiger partial charge in [-0.15, -0.1) is 0 Å². The van der Waals surface area contributed by atoms with Crippen molar-refractivity contribution in [3.63, 3.8) is 0 Å². The second-order valence-corrected chi connectivity index (χ2v) is 4.99. The number of nitrogen functional groups attached to an aromatic ring is 1. The summed E-state index contributed by atoms with van der Waals surface area (Å²) in [6.07, 6.45) is 1.46. The Morgan fingerprint density at radius 2 is 1.91 bits per heavy atom. The van der Waals surface area contributed by atoms with Crippen molar-refractivity contribution in [1.82, 2.24) is 9.55 Å². The molecule has 6 heteroatoms. The van der Waals surface area contributed by atoms with Crippen molar-refractivity contribution in [2.75, 3.05) is 26.1 Å². The smallest absolute Gasteiger partial charge is 0.254 e. The third-order valence-corrected chi connectivity index (χ3v) is 3.37. The van der Waals surface area contributed by atoms with Gasteiger partial charge in [0.05, 0.1) is 12.3 Å². The zero-order valence-corrected chi connectivity index (χ0v) is 12.9. The van der Waals surface area contributed by atoms with Crippen LogP contribution in [0.15, 0.2) is 35.1 Å². The molecule has 0 saturated heterocycles. The first kappa shape index (κ1) is 16.0. The number of nitrogens with zero attached hydrogens (tertiary/aromatic N) is 2. The molecule has 1 heterocycles. The maximum atomic E-state index is 11.7. The molecule has 118 valence electrons. The van der Waals surface area contributed by atoms with Crippen LogP contribution in [-0.2, 0) is 24.6 Å². The molecule has 2 N–H and O–H groups in total. The highest BCUT2D eigenvalue weighted by Crippen LogP contribution is 2.13. The Bertz CT molecular complexity index is 665. The van der Waals surface area contributed by atoms with Gasteiger partial charge in [0.25, 0.3) is 5.56 Å². The van der Waals surface area contributed by atoms with Crippen molar-refractivity contribution in [1.29, 1.82) is 0 Å². The summed E-state index contributed by atoms with van der Waals surface area (Å²) in [5.74, 6) is 1.06. The van der Waals surface area contributed by atoms with E-state index in [9.17, 15) is 4.79 Å². The van der Waals surface area contributed by atoms with Gasteiger partial charge in [-0.3, -0.25) is 9.36 Å². The van der Waals surface area contributed by atoms with E-state index in [0.29, 0.717) is 25.3 Å². The summed E-state index contributed by atoms with van der Waals surface area (Å²) in [7, 11) is 3.25. The monoisotopic (exact) mass is 303 g/mol. The lowest BCUT2D eigenvalue weighted by atomic mass is 10.1. The van der Waals surface area contributed by atoms with Crippen molar-refractivity contribution in [2.24, 2.45) is 7.05 Å². The molecule has 1 aromatic carbocycles. The number of anilines is 1. The first-order valence-electron chi connectivity index (χ1n) is 7.13. The fourth-order valence-corrected chi connectivity index (χ4v) is 2.00. The second kappa shape index (κ2) is 7.61. The molecule has 2 aromatic rings. The average Bonchev–Trinajstić information content (AvgIpc) is 2.52. The van der Waals surface area contributed by atoms with Crippen LogP contribution in [0.1, 0.15) is 11.3 Å². The minimum Gasteiger partial charge on any atom is -0.491 e. The van der Waals surface area contributed by atoms with Crippen LogP contribution in [0, 0.1) is 0 Å². The topological polar surface area (TPSA) is 79.4 Å². The summed E-state index contributed by atoms with van der Waals surface area (Å²) in [6, 6.07) is 9.39. The van der Waals surface area contributed by atoms with Gasteiger partial charge in [-0.25, -0.2) is 4.98 Å². The molecule has 0 radical (unpaired) electrons. The first-order valence-corrected chi connectivity index (χ1v) is 7.13. The van der Waals surface area contributed by atoms with E-state index in [0.717, 1.165) is 17.7 Å². The molecule has 0 unspecified atom stereocenters. The molecule has 0 fully saturated rings. The average molecular weight is 303 g/mol. The van der Waals surface area contributed by atoms with E-state index in [1.807, 2.05) is 24.3 Å². The van der Waals surface area contributed by atoms with E-state index in [-0.39, 0.29) is 11.5 Å². The van der Waals surface area contributed by atoms with Gasteiger partial charge in [-0.1, -0.05) is 12.1 Å². The second-order valence-electron chi connectivity index (χ2n) is 4.99. The Labute approximate surface area is 129 Å². The Morgan fingerprint density at radius 3 is 2.55 bits per heavy atom. The standard InChI is InChI=1S/C16H21N3O3/c1-19-15(20)11-13(18-16(19)17)6-3-12-4-7-14(8-5-12)22-10-9-21-2/h4-5,7-8,11H,3,6,9-10H2,1-2H3,(H2,17,18). The molecule has 0 amide bonds. The molecule has 0 spiro atoms. The Hall–Kier alpha value is -2.34. The summed E-state index contributed by atoms with van der Waals surface area (Å²) >= 11 is 0. The van der Waals surface area contributed by atoms with Crippen LogP contribution in [0.25, 0.3) is 0 Å². The fourth-order valence-electron chi connectivity index (χ4n) is 2.00. The van der Waals surface area contributed by atoms with Gasteiger partial charge < -0.3 is 15.2 Å². The van der Waals surface area contributed by atoms with Crippen LogP contribution < -0.4 is 16.0 Å². The van der Waals surface area contributed by atoms with E-state index in [1.165, 1.54) is 10.6 Å². The van der Waals surface area contributed by atoms with Gasteiger partial charge in [0.1, 0.15) is 12.4 Å². The van der Waals surface area contributed by atoms with E-state index in [2.05, 4.69) is 4.98 Å². The van der Waals surface area contributed by atoms with Gasteiger partial charge in [0.2, 0.25) is 5.95 Å². The van der Waals surface area contributed by atoms with Gasteiger partial charge in [0.15, 0.2) is 0 Å². The number of aryl methyl sites for hydroxylation is 2. The Morgan fingerprint density at radius 1 is 1.18 bits per heavy atom. The molecular weight excluding hydrogens is 282 g/mol.